The highest BCUT2D eigenvalue weighted by molar-refractivity contribution is 9.10. The molecule has 1 aromatic carbocycles. The van der Waals surface area contributed by atoms with Gasteiger partial charge in [0.05, 0.1) is 4.92 Å². The van der Waals surface area contributed by atoms with E-state index in [1.165, 1.54) is 12.4 Å². The summed E-state index contributed by atoms with van der Waals surface area (Å²) in [6.45, 7) is 0.623. The van der Waals surface area contributed by atoms with Gasteiger partial charge in [0.1, 0.15) is 17.8 Å². The van der Waals surface area contributed by atoms with Gasteiger partial charge in [0.15, 0.2) is 0 Å². The minimum absolute atomic E-state index is 0.0721. The first kappa shape index (κ1) is 13.5. The zero-order valence-corrected chi connectivity index (χ0v) is 11.6. The molecule has 8 heteroatoms. The van der Waals surface area contributed by atoms with Crippen molar-refractivity contribution in [2.45, 2.75) is 12.8 Å². The smallest absolute Gasteiger partial charge is 0.292 e. The Morgan fingerprint density at radius 1 is 1.47 bits per heavy atom. The molecule has 0 unspecified atom stereocenters. The van der Waals surface area contributed by atoms with Crippen molar-refractivity contribution in [3.8, 4) is 0 Å². The van der Waals surface area contributed by atoms with Gasteiger partial charge in [-0.05, 0) is 18.6 Å². The number of benzene rings is 1. The van der Waals surface area contributed by atoms with Crippen molar-refractivity contribution < 1.29 is 4.92 Å². The second-order valence-corrected chi connectivity index (χ2v) is 4.80. The molecule has 0 amide bonds. The van der Waals surface area contributed by atoms with Crippen LogP contribution in [-0.2, 0) is 6.42 Å². The van der Waals surface area contributed by atoms with Crippen LogP contribution in [0.3, 0.4) is 0 Å². The van der Waals surface area contributed by atoms with Crippen LogP contribution in [-0.4, -0.2) is 26.6 Å². The van der Waals surface area contributed by atoms with Gasteiger partial charge in [-0.3, -0.25) is 15.2 Å². The number of nitrogens with zero attached hydrogens (tertiary/aromatic N) is 3. The third kappa shape index (κ3) is 3.75. The van der Waals surface area contributed by atoms with Crippen molar-refractivity contribution in [1.29, 1.82) is 0 Å². The van der Waals surface area contributed by atoms with Gasteiger partial charge in [0.2, 0.25) is 0 Å². The highest BCUT2D eigenvalue weighted by Crippen LogP contribution is 2.27. The number of rotatable bonds is 6. The Bertz CT molecular complexity index is 558. The fourth-order valence-corrected chi connectivity index (χ4v) is 2.00. The molecule has 2 rings (SSSR count). The maximum Gasteiger partial charge on any atom is 0.292 e. The molecule has 0 radical (unpaired) electrons. The molecular weight excluding hydrogens is 314 g/mol. The number of aromatic nitrogens is 3. The number of aryl methyl sites for hydroxylation is 1. The van der Waals surface area contributed by atoms with E-state index in [4.69, 9.17) is 0 Å². The second kappa shape index (κ2) is 6.28. The Balaban J connectivity index is 1.91. The van der Waals surface area contributed by atoms with E-state index in [1.54, 1.807) is 12.1 Å². The summed E-state index contributed by atoms with van der Waals surface area (Å²) in [5.41, 5.74) is 0.583. The van der Waals surface area contributed by atoms with Crippen molar-refractivity contribution >= 4 is 27.3 Å². The van der Waals surface area contributed by atoms with Gasteiger partial charge in [0, 0.05) is 23.5 Å². The molecule has 0 spiro atoms. The molecule has 0 saturated heterocycles. The number of nitrogens with one attached hydrogen (secondary N) is 2. The maximum atomic E-state index is 10.9. The molecule has 0 aliphatic heterocycles. The molecule has 0 aliphatic carbocycles. The number of halogens is 1. The quantitative estimate of drug-likeness (QED) is 0.483. The molecule has 100 valence electrons. The largest absolute Gasteiger partial charge is 0.379 e. The lowest BCUT2D eigenvalue weighted by Crippen LogP contribution is -2.06. The van der Waals surface area contributed by atoms with Gasteiger partial charge in [-0.15, -0.1) is 0 Å². The summed E-state index contributed by atoms with van der Waals surface area (Å²) in [4.78, 5) is 14.5. The summed E-state index contributed by atoms with van der Waals surface area (Å²) < 4.78 is 0.802. The van der Waals surface area contributed by atoms with E-state index in [0.717, 1.165) is 23.1 Å². The molecule has 0 aliphatic rings. The van der Waals surface area contributed by atoms with Crippen LogP contribution in [0.4, 0.5) is 11.4 Å². The average Bonchev–Trinajstić information content (AvgIpc) is 2.87. The minimum Gasteiger partial charge on any atom is -0.379 e. The minimum atomic E-state index is -0.398. The van der Waals surface area contributed by atoms with Crippen LogP contribution in [0.1, 0.15) is 12.2 Å². The SMILES string of the molecule is O=[N+]([O-])c1ccc(Br)cc1NCCCc1ncn[nH]1. The van der Waals surface area contributed by atoms with E-state index in [1.807, 2.05) is 0 Å². The molecular formula is C11H12BrN5O2. The maximum absolute atomic E-state index is 10.9. The molecule has 0 atom stereocenters. The first-order valence-electron chi connectivity index (χ1n) is 5.69. The van der Waals surface area contributed by atoms with E-state index in [2.05, 4.69) is 36.4 Å². The monoisotopic (exact) mass is 325 g/mol. The van der Waals surface area contributed by atoms with Crippen LogP contribution in [0.2, 0.25) is 0 Å². The number of hydrogen-bond acceptors (Lipinski definition) is 5. The summed E-state index contributed by atoms with van der Waals surface area (Å²) in [6, 6.07) is 4.83. The Hall–Kier alpha value is -1.96. The van der Waals surface area contributed by atoms with Gasteiger partial charge >= 0.3 is 0 Å². The van der Waals surface area contributed by atoms with Gasteiger partial charge in [-0.2, -0.15) is 5.10 Å². The van der Waals surface area contributed by atoms with E-state index < -0.39 is 4.92 Å². The molecule has 7 nitrogen and oxygen atoms in total. The van der Waals surface area contributed by atoms with Crippen LogP contribution in [0.25, 0.3) is 0 Å². The summed E-state index contributed by atoms with van der Waals surface area (Å²) in [6.07, 6.45) is 3.01. The normalized spacial score (nSPS) is 10.4. The van der Waals surface area contributed by atoms with Gasteiger partial charge in [-0.1, -0.05) is 15.9 Å². The lowest BCUT2D eigenvalue weighted by molar-refractivity contribution is -0.384. The number of hydrogen-bond donors (Lipinski definition) is 2. The summed E-state index contributed by atoms with van der Waals surface area (Å²) >= 11 is 3.30. The zero-order chi connectivity index (χ0) is 13.7. The number of anilines is 1. The Kier molecular flexibility index (Phi) is 4.45. The van der Waals surface area contributed by atoms with Crippen LogP contribution >= 0.6 is 15.9 Å². The summed E-state index contributed by atoms with van der Waals surface area (Å²) in [5.74, 6) is 0.811. The van der Waals surface area contributed by atoms with E-state index in [-0.39, 0.29) is 5.69 Å². The van der Waals surface area contributed by atoms with Crippen LogP contribution in [0.15, 0.2) is 29.0 Å². The first-order chi connectivity index (χ1) is 9.16. The van der Waals surface area contributed by atoms with Crippen molar-refractivity contribution in [3.05, 3.63) is 44.9 Å². The zero-order valence-electron chi connectivity index (χ0n) is 9.97. The fourth-order valence-electron chi connectivity index (χ4n) is 1.64. The van der Waals surface area contributed by atoms with E-state index in [9.17, 15) is 10.1 Å². The summed E-state index contributed by atoms with van der Waals surface area (Å²) in [7, 11) is 0. The van der Waals surface area contributed by atoms with E-state index in [0.29, 0.717) is 12.2 Å². The third-order valence-electron chi connectivity index (χ3n) is 2.53. The van der Waals surface area contributed by atoms with Gasteiger partial charge in [0.25, 0.3) is 5.69 Å². The standard InChI is InChI=1S/C11H12BrN5O2/c12-8-3-4-10(17(18)19)9(6-8)13-5-1-2-11-14-7-15-16-11/h3-4,6-7,13H,1-2,5H2,(H,14,15,16). The van der Waals surface area contributed by atoms with Crippen molar-refractivity contribution in [2.75, 3.05) is 11.9 Å². The predicted octanol–water partition coefficient (Wildman–Crippen LogP) is 2.52. The molecule has 2 aromatic rings. The van der Waals surface area contributed by atoms with Crippen molar-refractivity contribution in [2.24, 2.45) is 0 Å². The van der Waals surface area contributed by atoms with Crippen molar-refractivity contribution in [1.82, 2.24) is 15.2 Å². The molecule has 19 heavy (non-hydrogen) atoms. The fraction of sp³-hybridized carbons (Fsp3) is 0.273. The topological polar surface area (TPSA) is 96.7 Å². The van der Waals surface area contributed by atoms with Crippen molar-refractivity contribution in [3.63, 3.8) is 0 Å². The molecule has 0 saturated carbocycles. The molecule has 0 bridgehead atoms. The molecule has 1 heterocycles. The molecule has 1 aromatic heterocycles. The first-order valence-corrected chi connectivity index (χ1v) is 6.48. The van der Waals surface area contributed by atoms with Crippen LogP contribution in [0, 0.1) is 10.1 Å². The third-order valence-corrected chi connectivity index (χ3v) is 3.02. The number of aromatic amines is 1. The highest BCUT2D eigenvalue weighted by atomic mass is 79.9. The van der Waals surface area contributed by atoms with Gasteiger partial charge in [-0.25, -0.2) is 4.98 Å². The lowest BCUT2D eigenvalue weighted by atomic mass is 10.2. The number of nitro benzene ring substituents is 1. The average molecular weight is 326 g/mol. The van der Waals surface area contributed by atoms with E-state index >= 15 is 0 Å². The van der Waals surface area contributed by atoms with Crippen LogP contribution < -0.4 is 5.32 Å². The Morgan fingerprint density at radius 2 is 2.32 bits per heavy atom. The highest BCUT2D eigenvalue weighted by Gasteiger charge is 2.13. The second-order valence-electron chi connectivity index (χ2n) is 3.88. The number of nitro groups is 1. The van der Waals surface area contributed by atoms with Crippen LogP contribution in [0.5, 0.6) is 0 Å². The molecule has 0 fully saturated rings. The Morgan fingerprint density at radius 3 is 3.00 bits per heavy atom. The predicted molar refractivity (Wildman–Crippen MR) is 74.0 cm³/mol. The lowest BCUT2D eigenvalue weighted by Gasteiger charge is -2.06. The number of H-pyrrole nitrogens is 1. The summed E-state index contributed by atoms with van der Waals surface area (Å²) in [5, 5.41) is 20.5. The Labute approximate surface area is 117 Å². The van der Waals surface area contributed by atoms with Gasteiger partial charge < -0.3 is 5.32 Å². The molecule has 2 N–H and O–H groups in total.